The summed E-state index contributed by atoms with van der Waals surface area (Å²) in [7, 11) is 1.41. The first-order valence-electron chi connectivity index (χ1n) is 4.12. The number of aliphatic carboxylic acids is 1. The second-order valence-electron chi connectivity index (χ2n) is 2.67. The van der Waals surface area contributed by atoms with Crippen LogP contribution >= 0.6 is 0 Å². The van der Waals surface area contributed by atoms with Gasteiger partial charge < -0.3 is 15.3 Å². The highest BCUT2D eigenvalue weighted by atomic mass is 16.4. The van der Waals surface area contributed by atoms with E-state index in [-0.39, 0.29) is 13.0 Å². The lowest BCUT2D eigenvalue weighted by atomic mass is 10.3. The van der Waals surface area contributed by atoms with E-state index in [1.165, 1.54) is 14.0 Å². The van der Waals surface area contributed by atoms with Gasteiger partial charge in [0.15, 0.2) is 0 Å². The highest BCUT2D eigenvalue weighted by Crippen LogP contribution is 2.01. The summed E-state index contributed by atoms with van der Waals surface area (Å²) in [6.07, 6.45) is 0.116. The van der Waals surface area contributed by atoms with Crippen molar-refractivity contribution in [2.75, 3.05) is 13.6 Å². The average molecular weight is 199 g/mol. The van der Waals surface area contributed by atoms with Gasteiger partial charge in [-0.1, -0.05) is 0 Å². The minimum Gasteiger partial charge on any atom is -0.480 e. The molecule has 78 valence electrons. The molecule has 0 spiro atoms. The van der Waals surface area contributed by atoms with Crippen LogP contribution < -0.4 is 5.32 Å². The number of hydrogen-bond acceptors (Lipinski definition) is 3. The van der Waals surface area contributed by atoms with Crippen LogP contribution in [0.2, 0.25) is 0 Å². The normalized spacial score (nSPS) is 11.2. The van der Waals surface area contributed by atoms with Crippen molar-refractivity contribution in [3.63, 3.8) is 0 Å². The molecule has 0 aromatic carbocycles. The van der Waals surface area contributed by atoms with Crippen LogP contribution in [0.5, 0.6) is 0 Å². The molecular weight excluding hydrogens is 186 g/mol. The monoisotopic (exact) mass is 199 g/mol. The lowest BCUT2D eigenvalue weighted by molar-refractivity contribution is -0.141. The summed E-state index contributed by atoms with van der Waals surface area (Å²) < 4.78 is 0. The zero-order valence-electron chi connectivity index (χ0n) is 8.15. The molecule has 2 N–H and O–H groups in total. The highest BCUT2D eigenvalue weighted by Gasteiger charge is 2.23. The third-order valence-corrected chi connectivity index (χ3v) is 1.76. The van der Waals surface area contributed by atoms with Crippen LogP contribution in [-0.4, -0.2) is 41.6 Å². The Morgan fingerprint density at radius 1 is 1.64 bits per heavy atom. The molecule has 0 bridgehead atoms. The Morgan fingerprint density at radius 2 is 2.21 bits per heavy atom. The number of carboxylic acid groups (broad SMARTS) is 1. The van der Waals surface area contributed by atoms with Gasteiger partial charge in [0.2, 0.25) is 0 Å². The average Bonchev–Trinajstić information content (AvgIpc) is 2.17. The van der Waals surface area contributed by atoms with E-state index < -0.39 is 18.0 Å². The van der Waals surface area contributed by atoms with Crippen molar-refractivity contribution < 1.29 is 14.7 Å². The maximum absolute atomic E-state index is 11.2. The Balaban J connectivity index is 4.47. The van der Waals surface area contributed by atoms with Gasteiger partial charge in [-0.25, -0.2) is 9.59 Å². The fraction of sp³-hybridized carbons (Fsp3) is 0.625. The molecule has 6 nitrogen and oxygen atoms in total. The number of amides is 2. The summed E-state index contributed by atoms with van der Waals surface area (Å²) >= 11 is 0. The largest absolute Gasteiger partial charge is 0.480 e. The summed E-state index contributed by atoms with van der Waals surface area (Å²) in [6.45, 7) is 1.51. The number of rotatable bonds is 4. The topological polar surface area (TPSA) is 93.4 Å². The minimum atomic E-state index is -1.09. The van der Waals surface area contributed by atoms with E-state index in [0.29, 0.717) is 0 Å². The minimum absolute atomic E-state index is 0.115. The summed E-state index contributed by atoms with van der Waals surface area (Å²) in [5, 5.41) is 19.3. The number of nitrogens with one attached hydrogen (secondary N) is 1. The van der Waals surface area contributed by atoms with Crippen LogP contribution in [0.3, 0.4) is 0 Å². The summed E-state index contributed by atoms with van der Waals surface area (Å²) in [5.74, 6) is -1.09. The third kappa shape index (κ3) is 3.31. The lowest BCUT2D eigenvalue weighted by Gasteiger charge is -2.24. The molecule has 0 fully saturated rings. The van der Waals surface area contributed by atoms with Crippen LogP contribution in [0, 0.1) is 11.3 Å². The first-order chi connectivity index (χ1) is 6.54. The van der Waals surface area contributed by atoms with Crippen molar-refractivity contribution in [1.29, 1.82) is 5.26 Å². The van der Waals surface area contributed by atoms with Crippen LogP contribution in [-0.2, 0) is 4.79 Å². The van der Waals surface area contributed by atoms with Crippen LogP contribution in [0.4, 0.5) is 4.79 Å². The number of carbonyl (C=O) groups excluding carboxylic acids is 1. The lowest BCUT2D eigenvalue weighted by Crippen LogP contribution is -2.47. The Labute approximate surface area is 82.1 Å². The van der Waals surface area contributed by atoms with E-state index in [1.807, 2.05) is 6.07 Å². The fourth-order valence-electron chi connectivity index (χ4n) is 0.918. The number of carboxylic acids is 1. The molecule has 0 aliphatic heterocycles. The van der Waals surface area contributed by atoms with Gasteiger partial charge in [0.1, 0.15) is 6.04 Å². The third-order valence-electron chi connectivity index (χ3n) is 1.76. The molecule has 0 aliphatic carbocycles. The zero-order chi connectivity index (χ0) is 11.1. The predicted molar refractivity (Wildman–Crippen MR) is 48.5 cm³/mol. The number of nitrogens with zero attached hydrogens (tertiary/aromatic N) is 2. The maximum Gasteiger partial charge on any atom is 0.326 e. The fourth-order valence-corrected chi connectivity index (χ4v) is 0.918. The molecule has 1 unspecified atom stereocenters. The van der Waals surface area contributed by atoms with E-state index in [1.54, 1.807) is 0 Å². The van der Waals surface area contributed by atoms with Gasteiger partial charge in [-0.3, -0.25) is 0 Å². The van der Waals surface area contributed by atoms with E-state index in [2.05, 4.69) is 5.32 Å². The molecule has 0 aromatic rings. The molecule has 0 rings (SSSR count). The molecule has 14 heavy (non-hydrogen) atoms. The standard InChI is InChI=1S/C8H13N3O3/c1-6(7(12)13)11(5-3-4-9)8(14)10-2/h6H,3,5H2,1-2H3,(H,10,14)(H,12,13). The molecule has 0 saturated heterocycles. The molecule has 6 heteroatoms. The molecule has 0 radical (unpaired) electrons. The van der Waals surface area contributed by atoms with Gasteiger partial charge in [-0.15, -0.1) is 0 Å². The van der Waals surface area contributed by atoms with Gasteiger partial charge in [0, 0.05) is 13.6 Å². The van der Waals surface area contributed by atoms with E-state index >= 15 is 0 Å². The molecule has 0 heterocycles. The summed E-state index contributed by atoms with van der Waals surface area (Å²) in [6, 6.07) is 0.438. The molecule has 0 aliphatic rings. The van der Waals surface area contributed by atoms with Crippen molar-refractivity contribution >= 4 is 12.0 Å². The molecule has 2 amide bonds. The Morgan fingerprint density at radius 3 is 2.57 bits per heavy atom. The van der Waals surface area contributed by atoms with Crippen LogP contribution in [0.25, 0.3) is 0 Å². The quantitative estimate of drug-likeness (QED) is 0.667. The highest BCUT2D eigenvalue weighted by molar-refractivity contribution is 5.82. The zero-order valence-corrected chi connectivity index (χ0v) is 8.15. The van der Waals surface area contributed by atoms with Crippen molar-refractivity contribution in [2.45, 2.75) is 19.4 Å². The number of nitriles is 1. The van der Waals surface area contributed by atoms with Gasteiger partial charge >= 0.3 is 12.0 Å². The Bertz CT molecular complexity index is 259. The molecular formula is C8H13N3O3. The second kappa shape index (κ2) is 5.80. The van der Waals surface area contributed by atoms with Gasteiger partial charge in [-0.05, 0) is 6.92 Å². The molecule has 1 atom stereocenters. The summed E-state index contributed by atoms with van der Waals surface area (Å²) in [4.78, 5) is 22.9. The van der Waals surface area contributed by atoms with Crippen LogP contribution in [0.15, 0.2) is 0 Å². The number of hydrogen-bond donors (Lipinski definition) is 2. The van der Waals surface area contributed by atoms with Gasteiger partial charge in [0.25, 0.3) is 0 Å². The van der Waals surface area contributed by atoms with Gasteiger partial charge in [0.05, 0.1) is 12.5 Å². The molecule has 0 aromatic heterocycles. The van der Waals surface area contributed by atoms with E-state index in [0.717, 1.165) is 4.90 Å². The smallest absolute Gasteiger partial charge is 0.326 e. The van der Waals surface area contributed by atoms with Crippen molar-refractivity contribution in [1.82, 2.24) is 10.2 Å². The SMILES string of the molecule is CNC(=O)N(CCC#N)C(C)C(=O)O. The number of carbonyl (C=O) groups is 2. The maximum atomic E-state index is 11.2. The molecule has 0 saturated carbocycles. The van der Waals surface area contributed by atoms with E-state index in [9.17, 15) is 9.59 Å². The van der Waals surface area contributed by atoms with Crippen molar-refractivity contribution in [3.8, 4) is 6.07 Å². The Hall–Kier alpha value is -1.77. The van der Waals surface area contributed by atoms with E-state index in [4.69, 9.17) is 10.4 Å². The predicted octanol–water partition coefficient (Wildman–Crippen LogP) is 0.0146. The summed E-state index contributed by atoms with van der Waals surface area (Å²) in [5.41, 5.74) is 0. The Kier molecular flexibility index (Phi) is 5.07. The van der Waals surface area contributed by atoms with Crippen molar-refractivity contribution in [3.05, 3.63) is 0 Å². The number of urea groups is 1. The van der Waals surface area contributed by atoms with Gasteiger partial charge in [-0.2, -0.15) is 5.26 Å². The van der Waals surface area contributed by atoms with Crippen molar-refractivity contribution in [2.24, 2.45) is 0 Å². The first kappa shape index (κ1) is 12.2. The second-order valence-corrected chi connectivity index (χ2v) is 2.67. The first-order valence-corrected chi connectivity index (χ1v) is 4.12. The van der Waals surface area contributed by atoms with Crippen LogP contribution in [0.1, 0.15) is 13.3 Å².